The molecule has 42 heavy (non-hydrogen) atoms. The molecule has 0 aromatic heterocycles. The van der Waals surface area contributed by atoms with Crippen molar-refractivity contribution in [3.05, 3.63) is 181 Å². The molecule has 1 N–H and O–H groups in total. The minimum absolute atomic E-state index is 0. The molecule has 0 aliphatic rings. The van der Waals surface area contributed by atoms with Crippen LogP contribution in [0.3, 0.4) is 0 Å². The Balaban J connectivity index is 0.000000334. The van der Waals surface area contributed by atoms with Crippen molar-refractivity contribution in [2.24, 2.45) is 0 Å². The molecule has 0 amide bonds. The van der Waals surface area contributed by atoms with Crippen molar-refractivity contribution < 1.29 is 30.4 Å². The Labute approximate surface area is 272 Å². The minimum Gasteiger partial charge on any atom is -0.576 e. The van der Waals surface area contributed by atoms with E-state index in [1.807, 2.05) is 121 Å². The summed E-state index contributed by atoms with van der Waals surface area (Å²) >= 11 is 0. The zero-order chi connectivity index (χ0) is 29.7. The Hall–Kier alpha value is -3.26. The summed E-state index contributed by atoms with van der Waals surface area (Å²) in [5.41, 5.74) is 5.47. The molecule has 0 radical (unpaired) electrons. The first-order chi connectivity index (χ1) is 19.7. The maximum absolute atomic E-state index is 12.0. The second-order valence-corrected chi connectivity index (χ2v) is 12.9. The van der Waals surface area contributed by atoms with Crippen LogP contribution >= 0.6 is 7.29 Å². The van der Waals surface area contributed by atoms with Crippen LogP contribution in [0.15, 0.2) is 140 Å². The molecule has 0 bridgehead atoms. The van der Waals surface area contributed by atoms with Crippen LogP contribution in [0.2, 0.25) is 0 Å². The van der Waals surface area contributed by atoms with E-state index in [0.29, 0.717) is 11.8 Å². The van der Waals surface area contributed by atoms with Crippen LogP contribution in [0.4, 0.5) is 5.69 Å². The van der Waals surface area contributed by atoms with Gasteiger partial charge in [0.05, 0.1) is 10.6 Å². The molecule has 5 aromatic rings. The van der Waals surface area contributed by atoms with E-state index in [-0.39, 0.29) is 25.8 Å². The zero-order valence-electron chi connectivity index (χ0n) is 25.2. The van der Waals surface area contributed by atoms with E-state index in [2.05, 4.69) is 59.7 Å². The fraction of sp³-hybridized carbons (Fsp3) is 0.158. The fourth-order valence-electron chi connectivity index (χ4n) is 4.26. The van der Waals surface area contributed by atoms with Gasteiger partial charge in [0.15, 0.2) is 0 Å². The Kier molecular flexibility index (Phi) is 14.7. The number of benzene rings is 5. The van der Waals surface area contributed by atoms with Gasteiger partial charge >= 0.3 is 0 Å². The normalized spacial score (nSPS) is 10.4. The first kappa shape index (κ1) is 34.9. The summed E-state index contributed by atoms with van der Waals surface area (Å²) in [6.45, 7) is 16.2. The third-order valence-corrected chi connectivity index (χ3v) is 9.03. The topological polar surface area (TPSA) is 35.5 Å². The van der Waals surface area contributed by atoms with Crippen molar-refractivity contribution in [1.29, 1.82) is 0 Å². The summed E-state index contributed by atoms with van der Waals surface area (Å²) < 4.78 is 12.0. The van der Waals surface area contributed by atoms with E-state index >= 15 is 0 Å². The summed E-state index contributed by atoms with van der Waals surface area (Å²) in [4.78, 5) is 0. The second kappa shape index (κ2) is 17.6. The predicted octanol–water partition coefficient (Wildman–Crippen LogP) is 10.5. The summed E-state index contributed by atoms with van der Waals surface area (Å²) in [7, 11) is -2.90. The van der Waals surface area contributed by atoms with Crippen molar-refractivity contribution >= 4 is 23.6 Å². The number of nitrogens with zero attached hydrogens (tertiary/aromatic N) is 1. The van der Waals surface area contributed by atoms with Gasteiger partial charge in [0, 0.05) is 25.8 Å². The molecule has 4 heteroatoms. The zero-order valence-corrected chi connectivity index (χ0v) is 29.7. The van der Waals surface area contributed by atoms with Gasteiger partial charge in [0.25, 0.3) is 0 Å². The van der Waals surface area contributed by atoms with Crippen LogP contribution in [0.25, 0.3) is 5.09 Å². The van der Waals surface area contributed by atoms with E-state index in [0.717, 1.165) is 27.4 Å². The molecule has 0 heterocycles. The second-order valence-electron chi connectivity index (χ2n) is 10.4. The van der Waals surface area contributed by atoms with Crippen molar-refractivity contribution in [3.8, 4) is 0 Å². The molecule has 0 saturated heterocycles. The average molecular weight is 738 g/mol. The largest absolute Gasteiger partial charge is 0.576 e. The molecule has 0 spiro atoms. The van der Waals surface area contributed by atoms with Gasteiger partial charge in [-0.15, -0.1) is 30.0 Å². The maximum atomic E-state index is 12.0. The van der Waals surface area contributed by atoms with E-state index in [4.69, 9.17) is 5.09 Å². The monoisotopic (exact) mass is 739 g/mol. The Morgan fingerprint density at radius 1 is 0.500 bits per heavy atom. The van der Waals surface area contributed by atoms with Gasteiger partial charge in [-0.2, -0.15) is 49.2 Å². The van der Waals surface area contributed by atoms with Crippen LogP contribution in [0.1, 0.15) is 61.8 Å². The Morgan fingerprint density at radius 3 is 1.07 bits per heavy atom. The molecule has 0 saturated carbocycles. The van der Waals surface area contributed by atoms with Crippen molar-refractivity contribution in [3.63, 3.8) is 0 Å². The van der Waals surface area contributed by atoms with Gasteiger partial charge in [-0.25, -0.2) is 0 Å². The van der Waals surface area contributed by atoms with Crippen LogP contribution in [0.5, 0.6) is 0 Å². The molecule has 0 atom stereocenters. The Bertz CT molecular complexity index is 1380. The van der Waals surface area contributed by atoms with Crippen LogP contribution in [0, 0.1) is 13.8 Å². The van der Waals surface area contributed by atoms with Crippen LogP contribution in [-0.4, -0.2) is 4.57 Å². The molecule has 216 valence electrons. The molecular formula is C38H42HfNOP-2. The summed E-state index contributed by atoms with van der Waals surface area (Å²) in [5, 5.41) is 6.90. The number of rotatable bonds is 6. The fourth-order valence-corrected chi connectivity index (χ4v) is 6.49. The van der Waals surface area contributed by atoms with Crippen LogP contribution in [-0.2, 0) is 25.8 Å². The van der Waals surface area contributed by atoms with E-state index in [9.17, 15) is 4.57 Å². The molecule has 0 aliphatic heterocycles. The number of hydrogen-bond donors (Lipinski definition) is 0. The summed E-state index contributed by atoms with van der Waals surface area (Å²) in [6.07, 6.45) is 0. The molecule has 2 nitrogen and oxygen atoms in total. The quantitative estimate of drug-likeness (QED) is 0.0720. The SMILES string of the molecule is CC(C)c1cccc(C(C)C)c1[N-]P(=[OH+])(c1ccccc1)c1ccccc1.[CH2-]c1ccccc1.[CH2-]c1ccccc1.[Hf]. The van der Waals surface area contributed by atoms with E-state index in [1.165, 1.54) is 11.1 Å². The summed E-state index contributed by atoms with van der Waals surface area (Å²) in [6, 6.07) is 45.9. The smallest absolute Gasteiger partial charge is 0.230 e. The summed E-state index contributed by atoms with van der Waals surface area (Å²) in [5.74, 6) is 0.671. The molecular weight excluding hydrogens is 696 g/mol. The van der Waals surface area contributed by atoms with E-state index < -0.39 is 7.29 Å². The maximum Gasteiger partial charge on any atom is 0.230 e. The Morgan fingerprint density at radius 2 is 0.810 bits per heavy atom. The third kappa shape index (κ3) is 10.2. The van der Waals surface area contributed by atoms with Crippen LogP contribution < -0.4 is 10.6 Å². The first-order valence-electron chi connectivity index (χ1n) is 14.1. The molecule has 0 unspecified atom stereocenters. The van der Waals surface area contributed by atoms with Gasteiger partial charge in [0.1, 0.15) is 0 Å². The van der Waals surface area contributed by atoms with Crippen molar-refractivity contribution in [2.75, 3.05) is 0 Å². The standard InChI is InChI=1S/C24H27NOP.2C7H7.Hf/c1-18(2)22-16-11-17-23(19(3)4)24(22)25-27(26,20-12-7-5-8-13-20)21-14-9-6-10-15-21;2*1-7-5-3-2-4-6-7;/h5-19H,1-4H3;2*2-6H,1H2;/q3*-1;/p+1. The van der Waals surface area contributed by atoms with Gasteiger partial charge < -0.3 is 9.65 Å². The number of hydrogen-bond acceptors (Lipinski definition) is 0. The molecule has 0 aliphatic carbocycles. The van der Waals surface area contributed by atoms with Gasteiger partial charge in [-0.3, -0.25) is 0 Å². The molecule has 0 fully saturated rings. The third-order valence-electron chi connectivity index (χ3n) is 6.51. The predicted molar refractivity (Wildman–Crippen MR) is 180 cm³/mol. The van der Waals surface area contributed by atoms with Crippen molar-refractivity contribution in [2.45, 2.75) is 39.5 Å². The minimum atomic E-state index is -2.90. The molecule has 5 aromatic carbocycles. The first-order valence-corrected chi connectivity index (χ1v) is 15.7. The van der Waals surface area contributed by atoms with E-state index in [1.54, 1.807) is 0 Å². The van der Waals surface area contributed by atoms with Crippen molar-refractivity contribution in [1.82, 2.24) is 0 Å². The van der Waals surface area contributed by atoms with Gasteiger partial charge in [-0.1, -0.05) is 106 Å². The average Bonchev–Trinajstić information content (AvgIpc) is 2.99. The molecule has 5 rings (SSSR count). The van der Waals surface area contributed by atoms with Gasteiger partial charge in [-0.05, 0) is 36.1 Å². The van der Waals surface area contributed by atoms with Gasteiger partial charge in [0.2, 0.25) is 7.29 Å².